The number of guanidine groups is 1. The van der Waals surface area contributed by atoms with Crippen molar-refractivity contribution in [3.63, 3.8) is 0 Å². The number of hydrogen-bond acceptors (Lipinski definition) is 5. The van der Waals surface area contributed by atoms with Gasteiger partial charge in [0.25, 0.3) is 0 Å². The molecule has 7 nitrogen and oxygen atoms in total. The quantitative estimate of drug-likeness (QED) is 0.321. The van der Waals surface area contributed by atoms with E-state index in [1.807, 2.05) is 24.3 Å². The van der Waals surface area contributed by atoms with Crippen LogP contribution in [0.4, 0.5) is 0 Å². The minimum absolute atomic E-state index is 0.0805. The molecular weight excluding hydrogens is 230 g/mol. The van der Waals surface area contributed by atoms with Crippen molar-refractivity contribution in [2.75, 3.05) is 0 Å². The monoisotopic (exact) mass is 245 g/mol. The van der Waals surface area contributed by atoms with Gasteiger partial charge < -0.3 is 17.2 Å². The second-order valence-electron chi connectivity index (χ2n) is 3.33. The van der Waals surface area contributed by atoms with Crippen LogP contribution in [0.15, 0.2) is 52.0 Å². The molecule has 0 aromatic heterocycles. The van der Waals surface area contributed by atoms with E-state index in [2.05, 4.69) is 27.3 Å². The Balaban J connectivity index is 2.63. The van der Waals surface area contributed by atoms with Crippen LogP contribution in [0.2, 0.25) is 0 Å². The van der Waals surface area contributed by atoms with Gasteiger partial charge in [-0.1, -0.05) is 30.8 Å². The number of hydrogen-bond donors (Lipinski definition) is 4. The van der Waals surface area contributed by atoms with Crippen molar-refractivity contribution < 1.29 is 0 Å². The molecule has 0 aliphatic carbocycles. The van der Waals surface area contributed by atoms with Crippen molar-refractivity contribution in [1.82, 2.24) is 5.43 Å². The third kappa shape index (κ3) is 5.31. The van der Waals surface area contributed by atoms with Crippen molar-refractivity contribution >= 4 is 18.4 Å². The van der Waals surface area contributed by atoms with Gasteiger partial charge in [-0.2, -0.15) is 10.2 Å². The highest BCUT2D eigenvalue weighted by atomic mass is 15.3. The zero-order valence-corrected chi connectivity index (χ0v) is 9.74. The summed E-state index contributed by atoms with van der Waals surface area (Å²) in [6.07, 6.45) is 3.16. The van der Waals surface area contributed by atoms with E-state index in [-0.39, 0.29) is 11.8 Å². The maximum Gasteiger partial charge on any atom is 0.211 e. The smallest absolute Gasteiger partial charge is 0.211 e. The Labute approximate surface area is 105 Å². The molecule has 1 rings (SSSR count). The largest absolute Gasteiger partial charge is 0.385 e. The Morgan fingerprint density at radius 3 is 2.11 bits per heavy atom. The van der Waals surface area contributed by atoms with Gasteiger partial charge in [0.1, 0.15) is 5.82 Å². The Kier molecular flexibility index (Phi) is 4.92. The van der Waals surface area contributed by atoms with Gasteiger partial charge in [0.05, 0.1) is 12.4 Å². The summed E-state index contributed by atoms with van der Waals surface area (Å²) in [5.74, 6) is 0.204. The molecule has 0 fully saturated rings. The first kappa shape index (κ1) is 13.2. The molecule has 0 spiro atoms. The molecule has 7 heteroatoms. The summed E-state index contributed by atoms with van der Waals surface area (Å²) in [6.45, 7) is 3.45. The molecule has 18 heavy (non-hydrogen) atoms. The first-order valence-corrected chi connectivity index (χ1v) is 5.03. The summed E-state index contributed by atoms with van der Waals surface area (Å²) in [5.41, 5.74) is 19.9. The number of nitrogens with zero attached hydrogens (tertiary/aromatic N) is 3. The van der Waals surface area contributed by atoms with Crippen molar-refractivity contribution in [3.8, 4) is 0 Å². The molecule has 0 unspecified atom stereocenters. The normalized spacial score (nSPS) is 10.7. The zero-order valence-electron chi connectivity index (χ0n) is 9.74. The van der Waals surface area contributed by atoms with E-state index < -0.39 is 0 Å². The average Bonchev–Trinajstić information content (AvgIpc) is 2.30. The van der Waals surface area contributed by atoms with Crippen LogP contribution in [0.5, 0.6) is 0 Å². The van der Waals surface area contributed by atoms with E-state index in [0.717, 1.165) is 11.1 Å². The minimum Gasteiger partial charge on any atom is -0.385 e. The van der Waals surface area contributed by atoms with E-state index in [1.54, 1.807) is 12.4 Å². The van der Waals surface area contributed by atoms with Gasteiger partial charge in [-0.25, -0.2) is 0 Å². The van der Waals surface area contributed by atoms with Crippen LogP contribution in [0.1, 0.15) is 11.1 Å². The fourth-order valence-corrected chi connectivity index (χ4v) is 1.02. The number of benzene rings is 1. The molecule has 94 valence electrons. The van der Waals surface area contributed by atoms with Crippen LogP contribution < -0.4 is 22.6 Å². The third-order valence-electron chi connectivity index (χ3n) is 1.74. The number of nitrogens with one attached hydrogen (secondary N) is 1. The highest BCUT2D eigenvalue weighted by Crippen LogP contribution is 2.00. The second kappa shape index (κ2) is 6.69. The summed E-state index contributed by atoms with van der Waals surface area (Å²) in [7, 11) is 0. The van der Waals surface area contributed by atoms with Crippen molar-refractivity contribution in [2.24, 2.45) is 32.5 Å². The number of rotatable bonds is 5. The fourth-order valence-electron chi connectivity index (χ4n) is 1.02. The van der Waals surface area contributed by atoms with Gasteiger partial charge in [0.15, 0.2) is 0 Å². The molecule has 0 saturated heterocycles. The van der Waals surface area contributed by atoms with Crippen molar-refractivity contribution in [2.45, 2.75) is 0 Å². The van der Waals surface area contributed by atoms with E-state index in [0.29, 0.717) is 0 Å². The molecule has 0 atom stereocenters. The summed E-state index contributed by atoms with van der Waals surface area (Å²) in [6, 6.07) is 7.43. The van der Waals surface area contributed by atoms with E-state index in [4.69, 9.17) is 17.2 Å². The van der Waals surface area contributed by atoms with Gasteiger partial charge in [0, 0.05) is 0 Å². The van der Waals surface area contributed by atoms with Gasteiger partial charge in [-0.05, 0) is 11.1 Å². The van der Waals surface area contributed by atoms with Crippen LogP contribution >= 0.6 is 0 Å². The predicted octanol–water partition coefficient (Wildman–Crippen LogP) is -0.353. The third-order valence-corrected chi connectivity index (χ3v) is 1.74. The predicted molar refractivity (Wildman–Crippen MR) is 73.9 cm³/mol. The maximum atomic E-state index is 5.29. The lowest BCUT2D eigenvalue weighted by Gasteiger charge is -1.97. The van der Waals surface area contributed by atoms with Gasteiger partial charge >= 0.3 is 0 Å². The lowest BCUT2D eigenvalue weighted by Crippen LogP contribution is -2.21. The molecule has 0 aliphatic rings. The highest BCUT2D eigenvalue weighted by molar-refractivity contribution is 5.84. The molecule has 0 radical (unpaired) electrons. The van der Waals surface area contributed by atoms with Crippen molar-refractivity contribution in [3.05, 3.63) is 47.8 Å². The van der Waals surface area contributed by atoms with Gasteiger partial charge in [-0.3, -0.25) is 5.43 Å². The maximum absolute atomic E-state index is 5.29. The molecule has 7 N–H and O–H groups in total. The molecule has 0 saturated carbocycles. The van der Waals surface area contributed by atoms with Crippen LogP contribution in [-0.2, 0) is 0 Å². The molecule has 0 aliphatic heterocycles. The summed E-state index contributed by atoms with van der Waals surface area (Å²) in [4.78, 5) is 0. The van der Waals surface area contributed by atoms with Crippen LogP contribution in [-0.4, -0.2) is 18.4 Å². The summed E-state index contributed by atoms with van der Waals surface area (Å²) >= 11 is 0. The first-order valence-electron chi connectivity index (χ1n) is 5.03. The lowest BCUT2D eigenvalue weighted by molar-refractivity contribution is 0.882. The minimum atomic E-state index is -0.0805. The second-order valence-corrected chi connectivity index (χ2v) is 3.33. The fraction of sp³-hybridized carbons (Fsp3) is 0. The molecule has 1 aromatic carbocycles. The Hall–Kier alpha value is -2.83. The van der Waals surface area contributed by atoms with E-state index in [9.17, 15) is 0 Å². The lowest BCUT2D eigenvalue weighted by atomic mass is 10.2. The molecule has 0 amide bonds. The molecule has 1 aromatic rings. The summed E-state index contributed by atoms with van der Waals surface area (Å²) < 4.78 is 0. The highest BCUT2D eigenvalue weighted by Gasteiger charge is 1.89. The summed E-state index contributed by atoms with van der Waals surface area (Å²) in [5, 5.41) is 11.1. The topological polar surface area (TPSA) is 127 Å². The van der Waals surface area contributed by atoms with Crippen molar-refractivity contribution in [1.29, 1.82) is 0 Å². The Morgan fingerprint density at radius 1 is 1.06 bits per heavy atom. The molecule has 0 heterocycles. The van der Waals surface area contributed by atoms with Crippen LogP contribution in [0.25, 0.3) is 0 Å². The van der Waals surface area contributed by atoms with Gasteiger partial charge in [0.2, 0.25) is 5.96 Å². The van der Waals surface area contributed by atoms with E-state index >= 15 is 0 Å². The van der Waals surface area contributed by atoms with Gasteiger partial charge in [-0.15, -0.1) is 5.10 Å². The van der Waals surface area contributed by atoms with Crippen LogP contribution in [0, 0.1) is 0 Å². The standard InChI is InChI=1S/C11H15N7/c1-8(12)17-15-6-9-2-4-10(5-3-9)7-16-18-11(13)14/h2-7,17H,1,12H2,(H4,13,14,18)/b15-6+,16-7+. The zero-order chi connectivity index (χ0) is 13.4. The Bertz CT molecular complexity index is 481. The first-order chi connectivity index (χ1) is 8.58. The average molecular weight is 245 g/mol. The molecular formula is C11H15N7. The number of hydrazone groups is 1. The SMILES string of the molecule is C=C(N)N/N=C/c1ccc(/C=N/N=C(N)N)cc1. The number of nitrogens with two attached hydrogens (primary N) is 3. The van der Waals surface area contributed by atoms with E-state index in [1.165, 1.54) is 0 Å². The Morgan fingerprint density at radius 2 is 1.61 bits per heavy atom. The molecule has 0 bridgehead atoms. The van der Waals surface area contributed by atoms with Crippen LogP contribution in [0.3, 0.4) is 0 Å².